The van der Waals surface area contributed by atoms with E-state index in [1.165, 1.54) is 7.11 Å². The number of carbonyl (C=O) groups is 1. The van der Waals surface area contributed by atoms with Crippen molar-refractivity contribution in [1.29, 1.82) is 0 Å². The first-order chi connectivity index (χ1) is 7.45. The Morgan fingerprint density at radius 3 is 2.19 bits per heavy atom. The lowest BCUT2D eigenvalue weighted by Crippen LogP contribution is -2.20. The van der Waals surface area contributed by atoms with E-state index in [9.17, 15) is 4.79 Å². The number of hydrogen-bond donors (Lipinski definition) is 0. The summed E-state index contributed by atoms with van der Waals surface area (Å²) < 4.78 is 5.13. The first kappa shape index (κ1) is 12.4. The average Bonchev–Trinajstić information content (AvgIpc) is 2.25. The molecule has 0 aliphatic heterocycles. The normalized spacial score (nSPS) is 12.4. The van der Waals surface area contributed by atoms with Crippen LogP contribution in [0, 0.1) is 5.41 Å². The summed E-state index contributed by atoms with van der Waals surface area (Å²) in [5.41, 5.74) is 0.320. The number of nitrogens with zero attached hydrogens (tertiary/aromatic N) is 1. The van der Waals surface area contributed by atoms with E-state index in [0.29, 0.717) is 5.90 Å². The predicted molar refractivity (Wildman–Crippen MR) is 64.5 cm³/mol. The minimum absolute atomic E-state index is 0.187. The lowest BCUT2D eigenvalue weighted by molar-refractivity contribution is -0.124. The number of amides is 1. The number of hydrogen-bond acceptors (Lipinski definition) is 2. The number of rotatable bonds is 1. The highest BCUT2D eigenvalue weighted by Crippen LogP contribution is 2.16. The summed E-state index contributed by atoms with van der Waals surface area (Å²) in [4.78, 5) is 15.7. The largest absolute Gasteiger partial charge is 0.480 e. The summed E-state index contributed by atoms with van der Waals surface area (Å²) in [6, 6.07) is 9.38. The van der Waals surface area contributed by atoms with Gasteiger partial charge in [-0.3, -0.25) is 4.79 Å². The minimum atomic E-state index is -0.488. The van der Waals surface area contributed by atoms with Crippen molar-refractivity contribution in [2.24, 2.45) is 10.4 Å². The highest BCUT2D eigenvalue weighted by atomic mass is 16.5. The van der Waals surface area contributed by atoms with E-state index in [2.05, 4.69) is 4.99 Å². The fourth-order valence-corrected chi connectivity index (χ4v) is 1.07. The predicted octanol–water partition coefficient (Wildman–Crippen LogP) is 2.65. The van der Waals surface area contributed by atoms with Crippen LogP contribution in [-0.4, -0.2) is 18.9 Å². The van der Waals surface area contributed by atoms with Gasteiger partial charge >= 0.3 is 0 Å². The maximum Gasteiger partial charge on any atom is 0.254 e. The second kappa shape index (κ2) is 4.92. The maximum atomic E-state index is 11.7. The third kappa shape index (κ3) is 3.19. The Kier molecular flexibility index (Phi) is 3.82. The van der Waals surface area contributed by atoms with Crippen LogP contribution in [0.25, 0.3) is 0 Å². The summed E-state index contributed by atoms with van der Waals surface area (Å²) in [6.45, 7) is 5.49. The van der Waals surface area contributed by atoms with Gasteiger partial charge in [0.15, 0.2) is 0 Å². The van der Waals surface area contributed by atoms with Crippen LogP contribution >= 0.6 is 0 Å². The Bertz CT molecular complexity index is 388. The van der Waals surface area contributed by atoms with E-state index in [4.69, 9.17) is 4.74 Å². The van der Waals surface area contributed by atoms with Crippen LogP contribution in [0.1, 0.15) is 26.3 Å². The number of benzene rings is 1. The molecule has 0 unspecified atom stereocenters. The lowest BCUT2D eigenvalue weighted by atomic mass is 9.96. The van der Waals surface area contributed by atoms with Crippen LogP contribution in [0.15, 0.2) is 35.3 Å². The molecule has 0 fully saturated rings. The zero-order chi connectivity index (χ0) is 12.2. The standard InChI is InChI=1S/C13H17NO2/c1-13(2,3)12(15)14-11(16-4)10-8-6-5-7-9-10/h5-9H,1-4H3. The smallest absolute Gasteiger partial charge is 0.254 e. The molecule has 0 saturated carbocycles. The van der Waals surface area contributed by atoms with E-state index in [-0.39, 0.29) is 5.91 Å². The van der Waals surface area contributed by atoms with Crippen molar-refractivity contribution in [2.45, 2.75) is 20.8 Å². The molecular weight excluding hydrogens is 202 g/mol. The van der Waals surface area contributed by atoms with E-state index in [1.54, 1.807) is 0 Å². The Hall–Kier alpha value is -1.64. The fourth-order valence-electron chi connectivity index (χ4n) is 1.07. The van der Waals surface area contributed by atoms with Gasteiger partial charge in [0.25, 0.3) is 5.91 Å². The molecule has 0 radical (unpaired) electrons. The minimum Gasteiger partial charge on any atom is -0.480 e. The Labute approximate surface area is 96.2 Å². The molecule has 1 amide bonds. The highest BCUT2D eigenvalue weighted by molar-refractivity contribution is 6.02. The summed E-state index contributed by atoms with van der Waals surface area (Å²) in [5.74, 6) is 0.175. The van der Waals surface area contributed by atoms with Crippen LogP contribution in [0.4, 0.5) is 0 Å². The monoisotopic (exact) mass is 219 g/mol. The molecule has 0 heterocycles. The first-order valence-corrected chi connectivity index (χ1v) is 5.17. The third-order valence-corrected chi connectivity index (χ3v) is 2.06. The second-order valence-electron chi connectivity index (χ2n) is 4.54. The second-order valence-corrected chi connectivity index (χ2v) is 4.54. The molecule has 0 atom stereocenters. The third-order valence-electron chi connectivity index (χ3n) is 2.06. The van der Waals surface area contributed by atoms with Crippen molar-refractivity contribution < 1.29 is 9.53 Å². The van der Waals surface area contributed by atoms with Gasteiger partial charge in [0, 0.05) is 11.0 Å². The molecule has 0 saturated heterocycles. The van der Waals surface area contributed by atoms with E-state index in [1.807, 2.05) is 51.1 Å². The molecule has 0 spiro atoms. The van der Waals surface area contributed by atoms with Gasteiger partial charge in [-0.05, 0) is 12.1 Å². The molecule has 0 aliphatic carbocycles. The summed E-state index contributed by atoms with van der Waals surface area (Å²) in [7, 11) is 1.52. The van der Waals surface area contributed by atoms with E-state index >= 15 is 0 Å². The molecule has 0 bridgehead atoms. The molecule has 0 aromatic heterocycles. The summed E-state index contributed by atoms with van der Waals surface area (Å²) in [6.07, 6.45) is 0. The molecular formula is C13H17NO2. The quantitative estimate of drug-likeness (QED) is 0.538. The van der Waals surface area contributed by atoms with Gasteiger partial charge in [0.2, 0.25) is 5.90 Å². The SMILES string of the molecule is COC(=NC(=O)C(C)(C)C)c1ccccc1. The van der Waals surface area contributed by atoms with Gasteiger partial charge in [0.1, 0.15) is 0 Å². The van der Waals surface area contributed by atoms with E-state index in [0.717, 1.165) is 5.56 Å². The molecule has 1 aromatic carbocycles. The van der Waals surface area contributed by atoms with Crippen LogP contribution in [0.2, 0.25) is 0 Å². The van der Waals surface area contributed by atoms with Crippen LogP contribution in [0.5, 0.6) is 0 Å². The van der Waals surface area contributed by atoms with Gasteiger partial charge in [0.05, 0.1) is 7.11 Å². The van der Waals surface area contributed by atoms with Crippen molar-refractivity contribution >= 4 is 11.8 Å². The maximum absolute atomic E-state index is 11.7. The van der Waals surface area contributed by atoms with Crippen LogP contribution < -0.4 is 0 Å². The Balaban J connectivity index is 3.00. The van der Waals surface area contributed by atoms with Crippen LogP contribution in [0.3, 0.4) is 0 Å². The number of carbonyl (C=O) groups excluding carboxylic acids is 1. The molecule has 1 aromatic rings. The van der Waals surface area contributed by atoms with Crippen molar-refractivity contribution in [1.82, 2.24) is 0 Å². The van der Waals surface area contributed by atoms with Crippen molar-refractivity contribution in [3.05, 3.63) is 35.9 Å². The van der Waals surface area contributed by atoms with Crippen molar-refractivity contribution in [3.8, 4) is 0 Å². The summed E-state index contributed by atoms with van der Waals surface area (Å²) in [5, 5.41) is 0. The zero-order valence-electron chi connectivity index (χ0n) is 10.2. The molecule has 3 heteroatoms. The van der Waals surface area contributed by atoms with Gasteiger partial charge < -0.3 is 4.74 Å². The van der Waals surface area contributed by atoms with Crippen LogP contribution in [-0.2, 0) is 9.53 Å². The fraction of sp³-hybridized carbons (Fsp3) is 0.385. The molecule has 3 nitrogen and oxygen atoms in total. The average molecular weight is 219 g/mol. The van der Waals surface area contributed by atoms with Gasteiger partial charge in [-0.25, -0.2) is 0 Å². The molecule has 1 rings (SSSR count). The number of aliphatic imine (C=N–C) groups is 1. The molecule has 86 valence electrons. The number of methoxy groups -OCH3 is 1. The Morgan fingerprint density at radius 2 is 1.75 bits per heavy atom. The molecule has 16 heavy (non-hydrogen) atoms. The van der Waals surface area contributed by atoms with Crippen molar-refractivity contribution in [2.75, 3.05) is 7.11 Å². The van der Waals surface area contributed by atoms with Crippen molar-refractivity contribution in [3.63, 3.8) is 0 Å². The number of ether oxygens (including phenoxy) is 1. The highest BCUT2D eigenvalue weighted by Gasteiger charge is 2.21. The lowest BCUT2D eigenvalue weighted by Gasteiger charge is -2.13. The van der Waals surface area contributed by atoms with E-state index < -0.39 is 5.41 Å². The zero-order valence-corrected chi connectivity index (χ0v) is 10.2. The van der Waals surface area contributed by atoms with Gasteiger partial charge in [-0.2, -0.15) is 4.99 Å². The Morgan fingerprint density at radius 1 is 1.19 bits per heavy atom. The summed E-state index contributed by atoms with van der Waals surface area (Å²) >= 11 is 0. The topological polar surface area (TPSA) is 38.7 Å². The molecule has 0 N–H and O–H groups in total. The first-order valence-electron chi connectivity index (χ1n) is 5.17. The van der Waals surface area contributed by atoms with Gasteiger partial charge in [-0.15, -0.1) is 0 Å². The molecule has 0 aliphatic rings. The van der Waals surface area contributed by atoms with Gasteiger partial charge in [-0.1, -0.05) is 39.0 Å².